The highest BCUT2D eigenvalue weighted by atomic mass is 79.9. The van der Waals surface area contributed by atoms with Gasteiger partial charge in [-0.25, -0.2) is 4.39 Å². The van der Waals surface area contributed by atoms with Gasteiger partial charge in [0.1, 0.15) is 11.9 Å². The van der Waals surface area contributed by atoms with Crippen molar-refractivity contribution in [1.82, 2.24) is 0 Å². The van der Waals surface area contributed by atoms with Crippen molar-refractivity contribution in [3.63, 3.8) is 0 Å². The number of hydrogen-bond acceptors (Lipinski definition) is 2. The predicted octanol–water partition coefficient (Wildman–Crippen LogP) is 5.07. The Kier molecular flexibility index (Phi) is 3.54. The van der Waals surface area contributed by atoms with Gasteiger partial charge in [-0.2, -0.15) is 0 Å². The van der Waals surface area contributed by atoms with Crippen LogP contribution in [0.4, 0.5) is 4.39 Å². The van der Waals surface area contributed by atoms with Crippen LogP contribution in [-0.4, -0.2) is 5.11 Å². The minimum absolute atomic E-state index is 0.132. The van der Waals surface area contributed by atoms with E-state index in [1.165, 1.54) is 6.07 Å². The zero-order chi connectivity index (χ0) is 14.3. The van der Waals surface area contributed by atoms with Crippen molar-refractivity contribution in [2.24, 2.45) is 0 Å². The molecule has 0 saturated heterocycles. The molecule has 3 rings (SSSR count). The highest BCUT2D eigenvalue weighted by Gasteiger charge is 2.20. The number of para-hydroxylation sites is 1. The fourth-order valence-electron chi connectivity index (χ4n) is 2.07. The monoisotopic (exact) mass is 354 g/mol. The molecule has 2 aromatic carbocycles. The van der Waals surface area contributed by atoms with Gasteiger partial charge in [0.2, 0.25) is 0 Å². The number of aliphatic hydroxyl groups is 1. The Morgan fingerprint density at radius 2 is 1.95 bits per heavy atom. The molecule has 1 aromatic heterocycles. The molecule has 0 aliphatic carbocycles. The minimum atomic E-state index is -1.05. The molecule has 0 amide bonds. The lowest BCUT2D eigenvalue weighted by molar-refractivity contribution is 0.192. The van der Waals surface area contributed by atoms with Crippen LogP contribution in [-0.2, 0) is 0 Å². The Hall–Kier alpha value is -1.36. The molecule has 0 spiro atoms. The van der Waals surface area contributed by atoms with Crippen molar-refractivity contribution < 1.29 is 13.9 Å². The van der Waals surface area contributed by atoms with Crippen LogP contribution in [0, 0.1) is 5.82 Å². The van der Waals surface area contributed by atoms with Crippen LogP contribution in [0.2, 0.25) is 5.02 Å². The quantitative estimate of drug-likeness (QED) is 0.696. The third-order valence-corrected chi connectivity index (χ3v) is 4.37. The Labute approximate surface area is 127 Å². The minimum Gasteiger partial charge on any atom is -0.455 e. The summed E-state index contributed by atoms with van der Waals surface area (Å²) in [6.07, 6.45) is -1.05. The lowest BCUT2D eigenvalue weighted by Gasteiger charge is -2.10. The third kappa shape index (κ3) is 2.24. The molecule has 2 nitrogen and oxygen atoms in total. The number of fused-ring (bicyclic) bond motifs is 1. The number of rotatable bonds is 2. The second-order valence-electron chi connectivity index (χ2n) is 4.35. The first kappa shape index (κ1) is 13.6. The molecule has 102 valence electrons. The maximum absolute atomic E-state index is 13.6. The lowest BCUT2D eigenvalue weighted by atomic mass is 10.1. The molecular weight excluding hydrogens is 347 g/mol. The highest BCUT2D eigenvalue weighted by Crippen LogP contribution is 2.35. The predicted molar refractivity (Wildman–Crippen MR) is 79.4 cm³/mol. The second-order valence-corrected chi connectivity index (χ2v) is 5.58. The maximum Gasteiger partial charge on any atom is 0.170 e. The molecule has 1 atom stereocenters. The lowest BCUT2D eigenvalue weighted by Crippen LogP contribution is -1.99. The van der Waals surface area contributed by atoms with E-state index in [-0.39, 0.29) is 11.3 Å². The maximum atomic E-state index is 13.6. The summed E-state index contributed by atoms with van der Waals surface area (Å²) >= 11 is 9.44. The summed E-state index contributed by atoms with van der Waals surface area (Å²) in [5.41, 5.74) is 0.633. The zero-order valence-corrected chi connectivity index (χ0v) is 12.5. The van der Waals surface area contributed by atoms with Crippen LogP contribution in [0.25, 0.3) is 11.0 Å². The van der Waals surface area contributed by atoms with E-state index < -0.39 is 11.9 Å². The summed E-state index contributed by atoms with van der Waals surface area (Å²) in [5, 5.41) is 11.4. The van der Waals surface area contributed by atoms with Gasteiger partial charge in [0, 0.05) is 15.4 Å². The molecule has 1 unspecified atom stereocenters. The van der Waals surface area contributed by atoms with Gasteiger partial charge in [0.15, 0.2) is 11.4 Å². The van der Waals surface area contributed by atoms with Crippen molar-refractivity contribution in [3.05, 3.63) is 69.1 Å². The summed E-state index contributed by atoms with van der Waals surface area (Å²) in [5.74, 6) is -0.202. The molecule has 3 aromatic rings. The van der Waals surface area contributed by atoms with Gasteiger partial charge in [0.25, 0.3) is 0 Å². The number of hydrogen-bond donors (Lipinski definition) is 1. The first-order valence-corrected chi connectivity index (χ1v) is 7.05. The first-order valence-electron chi connectivity index (χ1n) is 5.88. The van der Waals surface area contributed by atoms with Crippen molar-refractivity contribution in [3.8, 4) is 0 Å². The highest BCUT2D eigenvalue weighted by molar-refractivity contribution is 9.10. The molecule has 1 N–H and O–H groups in total. The summed E-state index contributed by atoms with van der Waals surface area (Å²) in [6, 6.07) is 11.5. The molecule has 0 bridgehead atoms. The summed E-state index contributed by atoms with van der Waals surface area (Å²) in [7, 11) is 0. The average Bonchev–Trinajstić information content (AvgIpc) is 2.87. The van der Waals surface area contributed by atoms with Crippen LogP contribution in [0.15, 0.2) is 51.4 Å². The molecular formula is C15H9BrClFO2. The normalized spacial score (nSPS) is 12.8. The van der Waals surface area contributed by atoms with E-state index in [0.29, 0.717) is 20.4 Å². The van der Waals surface area contributed by atoms with Gasteiger partial charge < -0.3 is 9.52 Å². The Morgan fingerprint density at radius 3 is 2.70 bits per heavy atom. The average molecular weight is 356 g/mol. The zero-order valence-electron chi connectivity index (χ0n) is 10.1. The summed E-state index contributed by atoms with van der Waals surface area (Å²) < 4.78 is 19.7. The van der Waals surface area contributed by atoms with E-state index in [9.17, 15) is 9.50 Å². The van der Waals surface area contributed by atoms with Gasteiger partial charge in [0.05, 0.1) is 5.02 Å². The van der Waals surface area contributed by atoms with Gasteiger partial charge in [-0.15, -0.1) is 0 Å². The Bertz CT molecular complexity index is 785. The van der Waals surface area contributed by atoms with Crippen LogP contribution < -0.4 is 0 Å². The van der Waals surface area contributed by atoms with E-state index in [0.717, 1.165) is 0 Å². The van der Waals surface area contributed by atoms with Crippen molar-refractivity contribution >= 4 is 38.5 Å². The van der Waals surface area contributed by atoms with E-state index in [4.69, 9.17) is 16.0 Å². The summed E-state index contributed by atoms with van der Waals surface area (Å²) in [6.45, 7) is 0. The van der Waals surface area contributed by atoms with Crippen LogP contribution in [0.1, 0.15) is 17.4 Å². The van der Waals surface area contributed by atoms with Gasteiger partial charge in [-0.3, -0.25) is 0 Å². The van der Waals surface area contributed by atoms with Gasteiger partial charge in [-0.1, -0.05) is 35.9 Å². The number of aliphatic hydroxyl groups excluding tert-OH is 1. The first-order chi connectivity index (χ1) is 9.58. The second kappa shape index (κ2) is 5.20. The van der Waals surface area contributed by atoms with Crippen molar-refractivity contribution in [2.75, 3.05) is 0 Å². The Balaban J connectivity index is 2.10. The van der Waals surface area contributed by atoms with E-state index >= 15 is 0 Å². The van der Waals surface area contributed by atoms with Crippen molar-refractivity contribution in [1.29, 1.82) is 0 Å². The molecule has 5 heteroatoms. The fourth-order valence-corrected chi connectivity index (χ4v) is 2.68. The van der Waals surface area contributed by atoms with Crippen LogP contribution in [0.3, 0.4) is 0 Å². The fraction of sp³-hybridized carbons (Fsp3) is 0.0667. The molecule has 0 saturated carbocycles. The third-order valence-electron chi connectivity index (χ3n) is 3.06. The van der Waals surface area contributed by atoms with Crippen LogP contribution >= 0.6 is 27.5 Å². The van der Waals surface area contributed by atoms with Gasteiger partial charge in [-0.05, 0) is 34.1 Å². The van der Waals surface area contributed by atoms with Crippen LogP contribution in [0.5, 0.6) is 0 Å². The molecule has 0 aliphatic heterocycles. The summed E-state index contributed by atoms with van der Waals surface area (Å²) in [4.78, 5) is 0. The topological polar surface area (TPSA) is 33.4 Å². The van der Waals surface area contributed by atoms with E-state index in [2.05, 4.69) is 15.9 Å². The SMILES string of the molecule is OC(c1cc2cccc(F)c2o1)c1cccc(Br)c1Cl. The Morgan fingerprint density at radius 1 is 1.20 bits per heavy atom. The number of halogens is 3. The largest absolute Gasteiger partial charge is 0.455 e. The molecule has 20 heavy (non-hydrogen) atoms. The molecule has 0 fully saturated rings. The van der Waals surface area contributed by atoms with Gasteiger partial charge >= 0.3 is 0 Å². The molecule has 0 radical (unpaired) electrons. The molecule has 0 aliphatic rings. The van der Waals surface area contributed by atoms with Crippen molar-refractivity contribution in [2.45, 2.75) is 6.10 Å². The standard InChI is InChI=1S/C15H9BrClFO2/c16-10-5-2-4-9(13(10)17)14(19)12-7-8-3-1-6-11(18)15(8)20-12/h1-7,14,19H. The number of furan rings is 1. The molecule has 1 heterocycles. The number of benzene rings is 2. The van der Waals surface area contributed by atoms with E-state index in [1.54, 1.807) is 36.4 Å². The smallest absolute Gasteiger partial charge is 0.170 e. The van der Waals surface area contributed by atoms with E-state index in [1.807, 2.05) is 0 Å².